The average Bonchev–Trinajstić information content (AvgIpc) is 2.66. The third kappa shape index (κ3) is 5.15. The summed E-state index contributed by atoms with van der Waals surface area (Å²) in [5.74, 6) is 0.551. The van der Waals surface area contributed by atoms with Crippen LogP contribution in [0.15, 0.2) is 6.20 Å². The number of hydrogen-bond donors (Lipinski definition) is 1. The van der Waals surface area contributed by atoms with Crippen LogP contribution in [0.5, 0.6) is 0 Å². The highest BCUT2D eigenvalue weighted by Gasteiger charge is 2.17. The molecule has 0 aromatic carbocycles. The second-order valence-corrected chi connectivity index (χ2v) is 6.69. The van der Waals surface area contributed by atoms with Crippen LogP contribution in [0, 0.1) is 5.92 Å². The zero-order valence-electron chi connectivity index (χ0n) is 11.5. The molecule has 0 aliphatic carbocycles. The number of rotatable bonds is 6. The Bertz CT molecular complexity index is 330. The molecule has 1 aromatic rings. The summed E-state index contributed by atoms with van der Waals surface area (Å²) in [6.07, 6.45) is 1.99. The predicted octanol–water partition coefficient (Wildman–Crippen LogP) is 2.81. The summed E-state index contributed by atoms with van der Waals surface area (Å²) >= 11 is 1.80. The van der Waals surface area contributed by atoms with Gasteiger partial charge < -0.3 is 10.1 Å². The maximum Gasteiger partial charge on any atom is 0.0981 e. The number of thiazole rings is 1. The van der Waals surface area contributed by atoms with Crippen LogP contribution in [0.3, 0.4) is 0 Å². The second kappa shape index (κ2) is 6.47. The molecule has 98 valence electrons. The van der Waals surface area contributed by atoms with Crippen molar-refractivity contribution in [2.24, 2.45) is 5.92 Å². The van der Waals surface area contributed by atoms with Crippen molar-refractivity contribution >= 4 is 11.3 Å². The van der Waals surface area contributed by atoms with Crippen LogP contribution in [-0.4, -0.2) is 25.2 Å². The quantitative estimate of drug-likeness (QED) is 0.850. The van der Waals surface area contributed by atoms with E-state index < -0.39 is 0 Å². The van der Waals surface area contributed by atoms with Gasteiger partial charge in [-0.05, 0) is 5.92 Å². The molecular formula is C13H24N2OS. The van der Waals surface area contributed by atoms with Gasteiger partial charge >= 0.3 is 0 Å². The van der Waals surface area contributed by atoms with Crippen LogP contribution < -0.4 is 5.32 Å². The molecule has 0 spiro atoms. The second-order valence-electron chi connectivity index (χ2n) is 5.57. The third-order valence-corrected chi connectivity index (χ3v) is 3.86. The number of ether oxygens (including phenoxy) is 1. The Labute approximate surface area is 109 Å². The molecule has 0 aliphatic heterocycles. The van der Waals surface area contributed by atoms with Gasteiger partial charge in [-0.1, -0.05) is 27.7 Å². The first-order valence-electron chi connectivity index (χ1n) is 6.08. The highest BCUT2D eigenvalue weighted by atomic mass is 32.1. The van der Waals surface area contributed by atoms with E-state index in [0.717, 1.165) is 19.7 Å². The van der Waals surface area contributed by atoms with Gasteiger partial charge in [-0.3, -0.25) is 0 Å². The fourth-order valence-corrected chi connectivity index (χ4v) is 2.46. The van der Waals surface area contributed by atoms with E-state index in [2.05, 4.69) is 38.0 Å². The van der Waals surface area contributed by atoms with E-state index in [1.54, 1.807) is 18.4 Å². The SMILES string of the molecule is COCC(C)CNCc1cnc(C(C)(C)C)s1. The molecular weight excluding hydrogens is 232 g/mol. The van der Waals surface area contributed by atoms with Crippen LogP contribution >= 0.6 is 11.3 Å². The number of hydrogen-bond acceptors (Lipinski definition) is 4. The van der Waals surface area contributed by atoms with Crippen molar-refractivity contribution in [3.8, 4) is 0 Å². The minimum Gasteiger partial charge on any atom is -0.384 e. The van der Waals surface area contributed by atoms with Gasteiger partial charge in [0.15, 0.2) is 0 Å². The molecule has 0 amide bonds. The molecule has 1 rings (SSSR count). The van der Waals surface area contributed by atoms with Crippen LogP contribution in [0.1, 0.15) is 37.6 Å². The van der Waals surface area contributed by atoms with Crippen LogP contribution in [0.25, 0.3) is 0 Å². The molecule has 1 heterocycles. The zero-order chi connectivity index (χ0) is 12.9. The summed E-state index contributed by atoms with van der Waals surface area (Å²) in [5.41, 5.74) is 0.159. The fourth-order valence-electron chi connectivity index (χ4n) is 1.52. The highest BCUT2D eigenvalue weighted by molar-refractivity contribution is 7.11. The summed E-state index contributed by atoms with van der Waals surface area (Å²) < 4.78 is 5.11. The minimum absolute atomic E-state index is 0.159. The van der Waals surface area contributed by atoms with Gasteiger partial charge in [-0.25, -0.2) is 4.98 Å². The number of methoxy groups -OCH3 is 1. The highest BCUT2D eigenvalue weighted by Crippen LogP contribution is 2.26. The lowest BCUT2D eigenvalue weighted by atomic mass is 9.98. The van der Waals surface area contributed by atoms with Gasteiger partial charge in [0.05, 0.1) is 5.01 Å². The smallest absolute Gasteiger partial charge is 0.0981 e. The molecule has 17 heavy (non-hydrogen) atoms. The summed E-state index contributed by atoms with van der Waals surface area (Å²) in [5, 5.41) is 4.65. The Balaban J connectivity index is 2.35. The zero-order valence-corrected chi connectivity index (χ0v) is 12.4. The van der Waals surface area contributed by atoms with E-state index in [1.165, 1.54) is 9.88 Å². The van der Waals surface area contributed by atoms with E-state index in [4.69, 9.17) is 4.74 Å². The van der Waals surface area contributed by atoms with E-state index >= 15 is 0 Å². The van der Waals surface area contributed by atoms with Gasteiger partial charge in [-0.15, -0.1) is 11.3 Å². The maximum absolute atomic E-state index is 5.11. The number of aromatic nitrogens is 1. The van der Waals surface area contributed by atoms with Gasteiger partial charge in [-0.2, -0.15) is 0 Å². The standard InChI is InChI=1S/C13H24N2OS/c1-10(9-16-5)6-14-7-11-8-15-12(17-11)13(2,3)4/h8,10,14H,6-7,9H2,1-5H3. The van der Waals surface area contributed by atoms with Crippen molar-refractivity contribution < 1.29 is 4.74 Å². The van der Waals surface area contributed by atoms with Crippen molar-refractivity contribution in [3.05, 3.63) is 16.1 Å². The van der Waals surface area contributed by atoms with Gasteiger partial charge in [0.2, 0.25) is 0 Å². The molecule has 0 fully saturated rings. The Hall–Kier alpha value is -0.450. The molecule has 0 aliphatic rings. The summed E-state index contributed by atoms with van der Waals surface area (Å²) in [6.45, 7) is 11.5. The summed E-state index contributed by atoms with van der Waals surface area (Å²) in [7, 11) is 1.75. The van der Waals surface area contributed by atoms with Crippen LogP contribution in [0.4, 0.5) is 0 Å². The molecule has 1 aromatic heterocycles. The first kappa shape index (κ1) is 14.6. The fraction of sp³-hybridized carbons (Fsp3) is 0.769. The van der Waals surface area contributed by atoms with E-state index in [1.807, 2.05) is 6.20 Å². The lowest BCUT2D eigenvalue weighted by Crippen LogP contribution is -2.23. The molecule has 4 heteroatoms. The molecule has 1 atom stereocenters. The van der Waals surface area contributed by atoms with E-state index in [9.17, 15) is 0 Å². The molecule has 0 saturated heterocycles. The summed E-state index contributed by atoms with van der Waals surface area (Å²) in [4.78, 5) is 5.78. The topological polar surface area (TPSA) is 34.1 Å². The minimum atomic E-state index is 0.159. The molecule has 3 nitrogen and oxygen atoms in total. The monoisotopic (exact) mass is 256 g/mol. The van der Waals surface area contributed by atoms with Crippen molar-refractivity contribution in [2.45, 2.75) is 39.7 Å². The van der Waals surface area contributed by atoms with Gasteiger partial charge in [0.25, 0.3) is 0 Å². The number of nitrogens with zero attached hydrogens (tertiary/aromatic N) is 1. The third-order valence-electron chi connectivity index (χ3n) is 2.44. The van der Waals surface area contributed by atoms with Gasteiger partial charge in [0, 0.05) is 43.3 Å². The lowest BCUT2D eigenvalue weighted by Gasteiger charge is -2.13. The van der Waals surface area contributed by atoms with Crippen molar-refractivity contribution in [2.75, 3.05) is 20.3 Å². The molecule has 0 radical (unpaired) electrons. The van der Waals surface area contributed by atoms with Crippen molar-refractivity contribution in [3.63, 3.8) is 0 Å². The van der Waals surface area contributed by atoms with Gasteiger partial charge in [0.1, 0.15) is 0 Å². The molecule has 1 N–H and O–H groups in total. The predicted molar refractivity (Wildman–Crippen MR) is 73.6 cm³/mol. The maximum atomic E-state index is 5.11. The van der Waals surface area contributed by atoms with E-state index in [-0.39, 0.29) is 5.41 Å². The Morgan fingerprint density at radius 1 is 1.47 bits per heavy atom. The molecule has 0 saturated carbocycles. The Kier molecular flexibility index (Phi) is 5.56. The van der Waals surface area contributed by atoms with E-state index in [0.29, 0.717) is 5.92 Å². The summed E-state index contributed by atoms with van der Waals surface area (Å²) in [6, 6.07) is 0. The first-order valence-corrected chi connectivity index (χ1v) is 6.90. The number of nitrogens with one attached hydrogen (secondary N) is 1. The molecule has 1 unspecified atom stereocenters. The lowest BCUT2D eigenvalue weighted by molar-refractivity contribution is 0.158. The largest absolute Gasteiger partial charge is 0.384 e. The molecule has 0 bridgehead atoms. The first-order chi connectivity index (χ1) is 7.93. The van der Waals surface area contributed by atoms with Crippen LogP contribution in [0.2, 0.25) is 0 Å². The average molecular weight is 256 g/mol. The normalized spacial score (nSPS) is 13.9. The van der Waals surface area contributed by atoms with Crippen molar-refractivity contribution in [1.29, 1.82) is 0 Å². The Morgan fingerprint density at radius 3 is 2.71 bits per heavy atom. The van der Waals surface area contributed by atoms with Crippen LogP contribution in [-0.2, 0) is 16.7 Å². The Morgan fingerprint density at radius 2 is 2.18 bits per heavy atom. The van der Waals surface area contributed by atoms with Crippen molar-refractivity contribution in [1.82, 2.24) is 10.3 Å².